The van der Waals surface area contributed by atoms with Crippen LogP contribution in [0.2, 0.25) is 0 Å². The van der Waals surface area contributed by atoms with E-state index in [1.165, 1.54) is 6.07 Å². The third kappa shape index (κ3) is 4.06. The molecule has 0 aliphatic heterocycles. The molecule has 0 bridgehead atoms. The molecule has 0 fully saturated rings. The van der Waals surface area contributed by atoms with Crippen molar-refractivity contribution in [2.45, 2.75) is 40.5 Å². The number of fused-ring (bicyclic) bond motifs is 1. The summed E-state index contributed by atoms with van der Waals surface area (Å²) >= 11 is 0. The highest BCUT2D eigenvalue weighted by Crippen LogP contribution is 2.42. The van der Waals surface area contributed by atoms with Gasteiger partial charge in [0.05, 0.1) is 0 Å². The number of rotatable bonds is 5. The minimum absolute atomic E-state index is 0.0363. The molecule has 0 saturated carbocycles. The molecule has 1 heterocycles. The SMILES string of the molecule is CC(C)=CCc1c(O)cc(O)c(CC=C(C)C)c1-c1cc2ccc(O)cc2o1. The van der Waals surface area contributed by atoms with E-state index >= 15 is 0 Å². The number of phenolic OH excluding ortho intramolecular Hbond substituents is 3. The van der Waals surface area contributed by atoms with E-state index in [4.69, 9.17) is 4.42 Å². The van der Waals surface area contributed by atoms with Crippen LogP contribution in [0.25, 0.3) is 22.3 Å². The summed E-state index contributed by atoms with van der Waals surface area (Å²) in [5.41, 5.74) is 4.94. The van der Waals surface area contributed by atoms with E-state index in [1.54, 1.807) is 18.2 Å². The van der Waals surface area contributed by atoms with Crippen molar-refractivity contribution in [3.63, 3.8) is 0 Å². The predicted octanol–water partition coefficient (Wildman–Crippen LogP) is 6.23. The third-order valence-electron chi connectivity index (χ3n) is 4.67. The normalized spacial score (nSPS) is 10.9. The zero-order valence-corrected chi connectivity index (χ0v) is 16.7. The molecule has 0 spiro atoms. The van der Waals surface area contributed by atoms with Crippen molar-refractivity contribution in [3.05, 3.63) is 64.8 Å². The lowest BCUT2D eigenvalue weighted by Crippen LogP contribution is -1.97. The summed E-state index contributed by atoms with van der Waals surface area (Å²) in [6.07, 6.45) is 5.12. The maximum absolute atomic E-state index is 10.6. The number of phenols is 3. The van der Waals surface area contributed by atoms with Crippen LogP contribution in [0.3, 0.4) is 0 Å². The fourth-order valence-corrected chi connectivity index (χ4v) is 3.21. The van der Waals surface area contributed by atoms with Gasteiger partial charge in [0.1, 0.15) is 28.6 Å². The van der Waals surface area contributed by atoms with Crippen molar-refractivity contribution >= 4 is 11.0 Å². The van der Waals surface area contributed by atoms with E-state index in [0.29, 0.717) is 40.9 Å². The van der Waals surface area contributed by atoms with Gasteiger partial charge in [-0.25, -0.2) is 0 Å². The van der Waals surface area contributed by atoms with Gasteiger partial charge in [-0.3, -0.25) is 0 Å². The van der Waals surface area contributed by atoms with Crippen LogP contribution in [0.1, 0.15) is 38.8 Å². The van der Waals surface area contributed by atoms with E-state index in [1.807, 2.05) is 45.9 Å². The average Bonchev–Trinajstić information content (AvgIpc) is 3.01. The molecule has 0 amide bonds. The van der Waals surface area contributed by atoms with Crippen LogP contribution < -0.4 is 0 Å². The van der Waals surface area contributed by atoms with Crippen LogP contribution in [0.5, 0.6) is 17.2 Å². The first-order chi connectivity index (χ1) is 13.3. The average molecular weight is 378 g/mol. The van der Waals surface area contributed by atoms with E-state index in [0.717, 1.165) is 16.5 Å². The number of benzene rings is 2. The Morgan fingerprint density at radius 2 is 1.39 bits per heavy atom. The lowest BCUT2D eigenvalue weighted by molar-refractivity contribution is 0.443. The lowest BCUT2D eigenvalue weighted by Gasteiger charge is -2.15. The number of hydrogen-bond acceptors (Lipinski definition) is 4. The summed E-state index contributed by atoms with van der Waals surface area (Å²) in [6.45, 7) is 8.02. The van der Waals surface area contributed by atoms with Gasteiger partial charge in [-0.1, -0.05) is 23.3 Å². The molecule has 146 valence electrons. The molecule has 0 aliphatic rings. The summed E-state index contributed by atoms with van der Waals surface area (Å²) < 4.78 is 6.02. The third-order valence-corrected chi connectivity index (χ3v) is 4.67. The van der Waals surface area contributed by atoms with Crippen molar-refractivity contribution in [1.82, 2.24) is 0 Å². The Labute approximate surface area is 165 Å². The first kappa shape index (κ1) is 19.6. The van der Waals surface area contributed by atoms with Gasteiger partial charge < -0.3 is 19.7 Å². The van der Waals surface area contributed by atoms with Crippen molar-refractivity contribution in [1.29, 1.82) is 0 Å². The number of allylic oxidation sites excluding steroid dienone is 4. The zero-order chi connectivity index (χ0) is 20.4. The van der Waals surface area contributed by atoms with Crippen LogP contribution in [0.4, 0.5) is 0 Å². The van der Waals surface area contributed by atoms with Gasteiger partial charge in [0.25, 0.3) is 0 Å². The molecule has 4 nitrogen and oxygen atoms in total. The quantitative estimate of drug-likeness (QED) is 0.460. The maximum Gasteiger partial charge on any atom is 0.138 e. The molecule has 0 radical (unpaired) electrons. The molecular weight excluding hydrogens is 352 g/mol. The predicted molar refractivity (Wildman–Crippen MR) is 113 cm³/mol. The molecule has 2 aromatic carbocycles. The summed E-state index contributed by atoms with van der Waals surface area (Å²) in [7, 11) is 0. The molecule has 0 atom stereocenters. The Morgan fingerprint density at radius 3 is 1.93 bits per heavy atom. The van der Waals surface area contributed by atoms with Crippen molar-refractivity contribution in [2.75, 3.05) is 0 Å². The molecule has 28 heavy (non-hydrogen) atoms. The highest BCUT2D eigenvalue weighted by Gasteiger charge is 2.21. The second-order valence-electron chi connectivity index (χ2n) is 7.55. The zero-order valence-electron chi connectivity index (χ0n) is 16.7. The van der Waals surface area contributed by atoms with Crippen molar-refractivity contribution in [3.8, 4) is 28.6 Å². The fraction of sp³-hybridized carbons (Fsp3) is 0.250. The Morgan fingerprint density at radius 1 is 0.821 bits per heavy atom. The van der Waals surface area contributed by atoms with Gasteiger partial charge in [-0.15, -0.1) is 0 Å². The second kappa shape index (κ2) is 7.85. The largest absolute Gasteiger partial charge is 0.508 e. The molecule has 0 unspecified atom stereocenters. The van der Waals surface area contributed by atoms with Crippen molar-refractivity contribution in [2.24, 2.45) is 0 Å². The van der Waals surface area contributed by atoms with Gasteiger partial charge in [0.2, 0.25) is 0 Å². The number of furan rings is 1. The molecule has 3 rings (SSSR count). The topological polar surface area (TPSA) is 73.8 Å². The second-order valence-corrected chi connectivity index (χ2v) is 7.55. The van der Waals surface area contributed by atoms with Gasteiger partial charge in [-0.05, 0) is 58.7 Å². The van der Waals surface area contributed by atoms with Gasteiger partial charge in [0.15, 0.2) is 0 Å². The summed E-state index contributed by atoms with van der Waals surface area (Å²) in [4.78, 5) is 0. The summed E-state index contributed by atoms with van der Waals surface area (Å²) in [5, 5.41) is 31.7. The molecule has 1 aromatic heterocycles. The number of hydrogen-bond donors (Lipinski definition) is 3. The van der Waals surface area contributed by atoms with Crippen LogP contribution in [0.15, 0.2) is 58.0 Å². The minimum Gasteiger partial charge on any atom is -0.508 e. The smallest absolute Gasteiger partial charge is 0.138 e. The Balaban J connectivity index is 2.29. The van der Waals surface area contributed by atoms with E-state index in [-0.39, 0.29) is 17.2 Å². The van der Waals surface area contributed by atoms with E-state index in [9.17, 15) is 15.3 Å². The van der Waals surface area contributed by atoms with Gasteiger partial charge in [0, 0.05) is 34.2 Å². The van der Waals surface area contributed by atoms with E-state index in [2.05, 4.69) is 0 Å². The van der Waals surface area contributed by atoms with Gasteiger partial charge in [-0.2, -0.15) is 0 Å². The standard InChI is InChI=1S/C24H26O4/c1-14(2)5-9-18-20(26)13-21(27)19(10-6-15(3)4)24(18)23-11-16-7-8-17(25)12-22(16)28-23/h5-8,11-13,25-27H,9-10H2,1-4H3. The Kier molecular flexibility index (Phi) is 5.50. The summed E-state index contributed by atoms with van der Waals surface area (Å²) in [6, 6.07) is 8.23. The highest BCUT2D eigenvalue weighted by molar-refractivity contribution is 5.86. The minimum atomic E-state index is 0.0363. The molecule has 3 N–H and O–H groups in total. The number of aromatic hydroxyl groups is 3. The first-order valence-electron chi connectivity index (χ1n) is 9.32. The molecule has 0 aliphatic carbocycles. The molecule has 4 heteroatoms. The monoisotopic (exact) mass is 378 g/mol. The van der Waals surface area contributed by atoms with Crippen LogP contribution in [-0.4, -0.2) is 15.3 Å². The molecule has 0 saturated heterocycles. The van der Waals surface area contributed by atoms with Gasteiger partial charge >= 0.3 is 0 Å². The van der Waals surface area contributed by atoms with E-state index < -0.39 is 0 Å². The Bertz CT molecular complexity index is 1030. The fourth-order valence-electron chi connectivity index (χ4n) is 3.21. The van der Waals surface area contributed by atoms with Crippen LogP contribution in [-0.2, 0) is 12.8 Å². The maximum atomic E-state index is 10.6. The molecular formula is C24H26O4. The lowest BCUT2D eigenvalue weighted by atomic mass is 9.92. The molecule has 3 aromatic rings. The van der Waals surface area contributed by atoms with Crippen LogP contribution >= 0.6 is 0 Å². The first-order valence-corrected chi connectivity index (χ1v) is 9.32. The van der Waals surface area contributed by atoms with Crippen LogP contribution in [0, 0.1) is 0 Å². The Hall–Kier alpha value is -3.14. The van der Waals surface area contributed by atoms with Crippen molar-refractivity contribution < 1.29 is 19.7 Å². The summed E-state index contributed by atoms with van der Waals surface area (Å²) in [5.74, 6) is 0.756. The highest BCUT2D eigenvalue weighted by atomic mass is 16.3.